The highest BCUT2D eigenvalue weighted by molar-refractivity contribution is 5.81. The van der Waals surface area contributed by atoms with Crippen molar-refractivity contribution in [3.8, 4) is 0 Å². The minimum Gasteiger partial charge on any atom is -0.460 e. The van der Waals surface area contributed by atoms with Crippen LogP contribution in [0.5, 0.6) is 0 Å². The van der Waals surface area contributed by atoms with Crippen molar-refractivity contribution < 1.29 is 47.5 Å². The predicted molar refractivity (Wildman–Crippen MR) is 117 cm³/mol. The van der Waals surface area contributed by atoms with E-state index in [1.165, 1.54) is 0 Å². The molecule has 0 atom stereocenters. The fourth-order valence-corrected chi connectivity index (χ4v) is 2.01. The molecule has 32 heavy (non-hydrogen) atoms. The third-order valence-electron chi connectivity index (χ3n) is 3.37. The fraction of sp³-hybridized carbons (Fsp3) is 0.818. The van der Waals surface area contributed by atoms with Gasteiger partial charge in [-0.15, -0.1) is 0 Å². The van der Waals surface area contributed by atoms with Gasteiger partial charge in [-0.2, -0.15) is 0 Å². The van der Waals surface area contributed by atoms with Crippen molar-refractivity contribution in [1.29, 1.82) is 0 Å². The number of hydrogen-bond acceptors (Lipinski definition) is 10. The summed E-state index contributed by atoms with van der Waals surface area (Å²) in [6, 6.07) is 0. The van der Waals surface area contributed by atoms with E-state index >= 15 is 0 Å². The lowest BCUT2D eigenvalue weighted by molar-refractivity contribution is -0.156. The van der Waals surface area contributed by atoms with E-state index in [9.17, 15) is 9.59 Å². The summed E-state index contributed by atoms with van der Waals surface area (Å²) in [5.74, 6) is -0.729. The molecule has 0 aliphatic carbocycles. The van der Waals surface area contributed by atoms with E-state index in [-0.39, 0.29) is 19.0 Å². The van der Waals surface area contributed by atoms with Crippen LogP contribution in [0.25, 0.3) is 0 Å². The lowest BCUT2D eigenvalue weighted by Gasteiger charge is -2.19. The van der Waals surface area contributed by atoms with Crippen LogP contribution >= 0.6 is 0 Å². The molecular formula is C22H40O10. The highest BCUT2D eigenvalue weighted by Crippen LogP contribution is 2.07. The Balaban J connectivity index is 3.14. The molecular weight excluding hydrogens is 424 g/mol. The lowest BCUT2D eigenvalue weighted by Crippen LogP contribution is -2.24. The van der Waals surface area contributed by atoms with E-state index in [4.69, 9.17) is 37.9 Å². The molecule has 0 amide bonds. The summed E-state index contributed by atoms with van der Waals surface area (Å²) in [7, 11) is 0. The van der Waals surface area contributed by atoms with Crippen LogP contribution < -0.4 is 0 Å². The van der Waals surface area contributed by atoms with Gasteiger partial charge in [-0.05, 0) is 20.8 Å². The average Bonchev–Trinajstić information content (AvgIpc) is 2.73. The van der Waals surface area contributed by atoms with Crippen LogP contribution in [0.1, 0.15) is 27.2 Å². The molecule has 188 valence electrons. The highest BCUT2D eigenvalue weighted by Gasteiger charge is 2.15. The van der Waals surface area contributed by atoms with Crippen LogP contribution in [0.4, 0.5) is 0 Å². The van der Waals surface area contributed by atoms with Crippen LogP contribution in [-0.2, 0) is 47.5 Å². The molecule has 0 aromatic rings. The Bertz CT molecular complexity index is 476. The first-order chi connectivity index (χ1) is 15.3. The van der Waals surface area contributed by atoms with Crippen molar-refractivity contribution in [3.05, 3.63) is 12.7 Å². The molecule has 0 radical (unpaired) electrons. The highest BCUT2D eigenvalue weighted by atomic mass is 16.6. The van der Waals surface area contributed by atoms with Crippen molar-refractivity contribution >= 4 is 11.9 Å². The Morgan fingerprint density at radius 2 is 0.969 bits per heavy atom. The van der Waals surface area contributed by atoms with Gasteiger partial charge in [-0.1, -0.05) is 6.58 Å². The van der Waals surface area contributed by atoms with Gasteiger partial charge in [-0.25, -0.2) is 4.79 Å². The average molecular weight is 465 g/mol. The van der Waals surface area contributed by atoms with Crippen molar-refractivity contribution in [2.24, 2.45) is 0 Å². The lowest BCUT2D eigenvalue weighted by atomic mass is 10.2. The summed E-state index contributed by atoms with van der Waals surface area (Å²) < 4.78 is 42.0. The zero-order valence-electron chi connectivity index (χ0n) is 19.8. The first kappa shape index (κ1) is 30.4. The van der Waals surface area contributed by atoms with E-state index in [1.54, 1.807) is 0 Å². The van der Waals surface area contributed by atoms with Crippen molar-refractivity contribution in [1.82, 2.24) is 0 Å². The Morgan fingerprint density at radius 3 is 1.31 bits per heavy atom. The van der Waals surface area contributed by atoms with Gasteiger partial charge in [0, 0.05) is 6.08 Å². The molecule has 0 unspecified atom stereocenters. The predicted octanol–water partition coefficient (Wildman–Crippen LogP) is 1.55. The molecule has 0 rings (SSSR count). The zero-order chi connectivity index (χ0) is 23.9. The molecule has 10 heteroatoms. The van der Waals surface area contributed by atoms with Crippen LogP contribution in [0, 0.1) is 0 Å². The first-order valence-electron chi connectivity index (χ1n) is 10.8. The Labute approximate surface area is 191 Å². The third kappa shape index (κ3) is 24.7. The summed E-state index contributed by atoms with van der Waals surface area (Å²) in [5, 5.41) is 0. The first-order valence-corrected chi connectivity index (χ1v) is 10.8. The van der Waals surface area contributed by atoms with E-state index in [0.29, 0.717) is 79.3 Å². The summed E-state index contributed by atoms with van der Waals surface area (Å²) >= 11 is 0. The fourth-order valence-electron chi connectivity index (χ4n) is 2.01. The van der Waals surface area contributed by atoms with Crippen molar-refractivity contribution in [2.75, 3.05) is 85.9 Å². The van der Waals surface area contributed by atoms with Crippen LogP contribution in [0.15, 0.2) is 12.7 Å². The quantitative estimate of drug-likeness (QED) is 0.133. The number of esters is 2. The molecule has 10 nitrogen and oxygen atoms in total. The number of ether oxygens (including phenoxy) is 8. The molecule has 0 aromatic heterocycles. The molecule has 0 heterocycles. The summed E-state index contributed by atoms with van der Waals surface area (Å²) in [4.78, 5) is 22.3. The van der Waals surface area contributed by atoms with Gasteiger partial charge in [0.25, 0.3) is 0 Å². The second-order valence-corrected chi connectivity index (χ2v) is 7.38. The molecule has 0 fully saturated rings. The van der Waals surface area contributed by atoms with Crippen LogP contribution in [0.2, 0.25) is 0 Å². The van der Waals surface area contributed by atoms with Gasteiger partial charge >= 0.3 is 11.9 Å². The SMILES string of the molecule is C=CC(=O)OCCOCCOCCOCCOCCOCCOCCC(=O)OC(C)(C)C. The summed E-state index contributed by atoms with van der Waals surface area (Å²) in [6.07, 6.45) is 1.34. The Hall–Kier alpha value is -1.56. The maximum absolute atomic E-state index is 11.5. The minimum atomic E-state index is -0.471. The summed E-state index contributed by atoms with van der Waals surface area (Å²) in [5.41, 5.74) is -0.471. The van der Waals surface area contributed by atoms with E-state index in [1.807, 2.05) is 20.8 Å². The molecule has 0 aliphatic rings. The van der Waals surface area contributed by atoms with Gasteiger partial charge in [0.1, 0.15) is 12.2 Å². The van der Waals surface area contributed by atoms with Gasteiger partial charge in [0.15, 0.2) is 0 Å². The van der Waals surface area contributed by atoms with Crippen molar-refractivity contribution in [2.45, 2.75) is 32.8 Å². The molecule has 0 saturated carbocycles. The Morgan fingerprint density at radius 1 is 0.625 bits per heavy atom. The molecule has 0 aromatic carbocycles. The van der Waals surface area contributed by atoms with E-state index < -0.39 is 11.6 Å². The molecule has 0 bridgehead atoms. The van der Waals surface area contributed by atoms with Crippen LogP contribution in [0.3, 0.4) is 0 Å². The normalized spacial score (nSPS) is 11.3. The van der Waals surface area contributed by atoms with Gasteiger partial charge in [0.05, 0.1) is 85.7 Å². The minimum absolute atomic E-state index is 0.197. The monoisotopic (exact) mass is 464 g/mol. The Kier molecular flexibility index (Phi) is 20.3. The number of carbonyl (C=O) groups excluding carboxylic acids is 2. The van der Waals surface area contributed by atoms with E-state index in [2.05, 4.69) is 6.58 Å². The van der Waals surface area contributed by atoms with Gasteiger partial charge < -0.3 is 37.9 Å². The number of rotatable bonds is 22. The molecule has 0 N–H and O–H groups in total. The standard InChI is InChI=1S/C22H40O10/c1-5-20(23)31-19-18-30-17-16-29-15-14-28-13-12-27-11-10-26-9-8-25-7-6-21(24)32-22(2,3)4/h5H,1,6-19H2,2-4H3. The number of hydrogen-bond donors (Lipinski definition) is 0. The smallest absolute Gasteiger partial charge is 0.330 e. The second kappa shape index (κ2) is 21.3. The molecule has 0 saturated heterocycles. The maximum atomic E-state index is 11.5. The molecule has 0 aliphatic heterocycles. The largest absolute Gasteiger partial charge is 0.460 e. The van der Waals surface area contributed by atoms with Crippen LogP contribution in [-0.4, -0.2) is 103 Å². The maximum Gasteiger partial charge on any atom is 0.330 e. The summed E-state index contributed by atoms with van der Waals surface area (Å²) in [6.45, 7) is 14.2. The van der Waals surface area contributed by atoms with Gasteiger partial charge in [-0.3, -0.25) is 4.79 Å². The van der Waals surface area contributed by atoms with Gasteiger partial charge in [0.2, 0.25) is 0 Å². The number of carbonyl (C=O) groups is 2. The zero-order valence-corrected chi connectivity index (χ0v) is 19.8. The second-order valence-electron chi connectivity index (χ2n) is 7.38. The topological polar surface area (TPSA) is 108 Å². The van der Waals surface area contributed by atoms with E-state index in [0.717, 1.165) is 6.08 Å². The molecule has 0 spiro atoms. The van der Waals surface area contributed by atoms with Crippen molar-refractivity contribution in [3.63, 3.8) is 0 Å². The third-order valence-corrected chi connectivity index (χ3v) is 3.37.